The summed E-state index contributed by atoms with van der Waals surface area (Å²) in [6, 6.07) is 7.86. The van der Waals surface area contributed by atoms with Crippen LogP contribution in [0.25, 0.3) is 5.69 Å². The minimum Gasteiger partial charge on any atom is -0.399 e. The first-order valence-corrected chi connectivity index (χ1v) is 5.90. The number of anilines is 1. The van der Waals surface area contributed by atoms with Crippen LogP contribution in [0.15, 0.2) is 24.3 Å². The molecule has 2 aromatic rings. The van der Waals surface area contributed by atoms with E-state index in [1.54, 1.807) is 0 Å². The molecule has 0 fully saturated rings. The fraction of sp³-hybridized carbons (Fsp3) is 0.308. The van der Waals surface area contributed by atoms with Crippen LogP contribution in [0.5, 0.6) is 0 Å². The number of aryl methyl sites for hydroxylation is 1. The van der Waals surface area contributed by atoms with Gasteiger partial charge in [-0.15, -0.1) is 0 Å². The molecule has 1 aromatic carbocycles. The maximum atomic E-state index is 5.82. The van der Waals surface area contributed by atoms with Crippen LogP contribution in [0.4, 0.5) is 5.69 Å². The SMILES string of the molecule is Cc1nn(-c2cccc(N)c2)c2c1CCNC2. The maximum absolute atomic E-state index is 5.82. The zero-order valence-electron chi connectivity index (χ0n) is 9.90. The lowest BCUT2D eigenvalue weighted by molar-refractivity contribution is 0.614. The molecular weight excluding hydrogens is 212 g/mol. The van der Waals surface area contributed by atoms with Crippen molar-refractivity contribution in [3.05, 3.63) is 41.2 Å². The highest BCUT2D eigenvalue weighted by Crippen LogP contribution is 2.22. The summed E-state index contributed by atoms with van der Waals surface area (Å²) in [4.78, 5) is 0. The highest BCUT2D eigenvalue weighted by atomic mass is 15.3. The van der Waals surface area contributed by atoms with Crippen LogP contribution in [0.1, 0.15) is 17.0 Å². The summed E-state index contributed by atoms with van der Waals surface area (Å²) >= 11 is 0. The fourth-order valence-corrected chi connectivity index (χ4v) is 2.40. The number of nitrogens with two attached hydrogens (primary N) is 1. The van der Waals surface area contributed by atoms with Crippen molar-refractivity contribution >= 4 is 5.69 Å². The van der Waals surface area contributed by atoms with Gasteiger partial charge in [0.25, 0.3) is 0 Å². The van der Waals surface area contributed by atoms with Crippen LogP contribution in [-0.4, -0.2) is 16.3 Å². The van der Waals surface area contributed by atoms with E-state index in [1.807, 2.05) is 28.9 Å². The Morgan fingerprint density at radius 3 is 3.12 bits per heavy atom. The minimum absolute atomic E-state index is 0.771. The van der Waals surface area contributed by atoms with Gasteiger partial charge in [-0.05, 0) is 43.7 Å². The van der Waals surface area contributed by atoms with E-state index < -0.39 is 0 Å². The van der Waals surface area contributed by atoms with E-state index in [0.717, 1.165) is 36.6 Å². The Kier molecular flexibility index (Phi) is 2.37. The van der Waals surface area contributed by atoms with E-state index in [0.29, 0.717) is 0 Å². The van der Waals surface area contributed by atoms with Crippen LogP contribution in [0, 0.1) is 6.92 Å². The number of rotatable bonds is 1. The molecule has 0 saturated carbocycles. The predicted octanol–water partition coefficient (Wildman–Crippen LogP) is 1.41. The summed E-state index contributed by atoms with van der Waals surface area (Å²) < 4.78 is 2.01. The van der Waals surface area contributed by atoms with E-state index in [-0.39, 0.29) is 0 Å². The second-order valence-corrected chi connectivity index (χ2v) is 4.44. The van der Waals surface area contributed by atoms with Gasteiger partial charge in [0.1, 0.15) is 0 Å². The summed E-state index contributed by atoms with van der Waals surface area (Å²) in [6.07, 6.45) is 1.06. The molecule has 0 amide bonds. The number of fused-ring (bicyclic) bond motifs is 1. The normalized spacial score (nSPS) is 14.6. The standard InChI is InChI=1S/C13H16N4/c1-9-12-5-6-15-8-13(12)17(16-9)11-4-2-3-10(14)7-11/h2-4,7,15H,5-6,8,14H2,1H3. The van der Waals surface area contributed by atoms with E-state index >= 15 is 0 Å². The van der Waals surface area contributed by atoms with Gasteiger partial charge < -0.3 is 11.1 Å². The van der Waals surface area contributed by atoms with Gasteiger partial charge in [0.15, 0.2) is 0 Å². The van der Waals surface area contributed by atoms with Gasteiger partial charge in [0.2, 0.25) is 0 Å². The van der Waals surface area contributed by atoms with Crippen molar-refractivity contribution in [3.8, 4) is 5.69 Å². The third kappa shape index (κ3) is 1.70. The molecule has 4 heteroatoms. The van der Waals surface area contributed by atoms with Crippen molar-refractivity contribution in [1.29, 1.82) is 0 Å². The van der Waals surface area contributed by atoms with Crippen molar-refractivity contribution in [2.24, 2.45) is 0 Å². The molecule has 1 aliphatic heterocycles. The van der Waals surface area contributed by atoms with Crippen molar-refractivity contribution in [2.75, 3.05) is 12.3 Å². The molecule has 1 aromatic heterocycles. The van der Waals surface area contributed by atoms with Crippen molar-refractivity contribution in [3.63, 3.8) is 0 Å². The van der Waals surface area contributed by atoms with Gasteiger partial charge in [-0.25, -0.2) is 4.68 Å². The van der Waals surface area contributed by atoms with Gasteiger partial charge in [-0.2, -0.15) is 5.10 Å². The molecule has 0 unspecified atom stereocenters. The maximum Gasteiger partial charge on any atom is 0.0670 e. The zero-order chi connectivity index (χ0) is 11.8. The molecule has 0 bridgehead atoms. The second-order valence-electron chi connectivity index (χ2n) is 4.44. The smallest absolute Gasteiger partial charge is 0.0670 e. The van der Waals surface area contributed by atoms with Gasteiger partial charge in [0, 0.05) is 12.2 Å². The number of aromatic nitrogens is 2. The zero-order valence-corrected chi connectivity index (χ0v) is 9.90. The number of hydrogen-bond acceptors (Lipinski definition) is 3. The Labute approximate surface area is 100 Å². The van der Waals surface area contributed by atoms with E-state index in [2.05, 4.69) is 17.3 Å². The van der Waals surface area contributed by atoms with Gasteiger partial charge in [-0.3, -0.25) is 0 Å². The number of nitrogens with one attached hydrogen (secondary N) is 1. The first-order valence-electron chi connectivity index (χ1n) is 5.90. The van der Waals surface area contributed by atoms with Crippen molar-refractivity contribution in [1.82, 2.24) is 15.1 Å². The van der Waals surface area contributed by atoms with E-state index in [9.17, 15) is 0 Å². The Bertz CT molecular complexity index is 557. The van der Waals surface area contributed by atoms with Crippen molar-refractivity contribution in [2.45, 2.75) is 19.9 Å². The summed E-state index contributed by atoms with van der Waals surface area (Å²) in [5.74, 6) is 0. The quantitative estimate of drug-likeness (QED) is 0.726. The van der Waals surface area contributed by atoms with Crippen LogP contribution in [-0.2, 0) is 13.0 Å². The Morgan fingerprint density at radius 1 is 1.41 bits per heavy atom. The minimum atomic E-state index is 0.771. The van der Waals surface area contributed by atoms with Gasteiger partial charge in [-0.1, -0.05) is 6.07 Å². The molecule has 0 aliphatic carbocycles. The molecule has 0 atom stereocenters. The van der Waals surface area contributed by atoms with Crippen LogP contribution in [0.2, 0.25) is 0 Å². The lowest BCUT2D eigenvalue weighted by atomic mass is 10.1. The number of benzene rings is 1. The average molecular weight is 228 g/mol. The fourth-order valence-electron chi connectivity index (χ4n) is 2.40. The molecule has 4 nitrogen and oxygen atoms in total. The topological polar surface area (TPSA) is 55.9 Å². The van der Waals surface area contributed by atoms with Crippen LogP contribution in [0.3, 0.4) is 0 Å². The molecular formula is C13H16N4. The molecule has 2 heterocycles. The highest BCUT2D eigenvalue weighted by Gasteiger charge is 2.18. The van der Waals surface area contributed by atoms with E-state index in [1.165, 1.54) is 11.3 Å². The molecule has 17 heavy (non-hydrogen) atoms. The summed E-state index contributed by atoms with van der Waals surface area (Å²) in [5, 5.41) is 8.01. The summed E-state index contributed by atoms with van der Waals surface area (Å²) in [7, 11) is 0. The Morgan fingerprint density at radius 2 is 2.29 bits per heavy atom. The first-order chi connectivity index (χ1) is 8.25. The summed E-state index contributed by atoms with van der Waals surface area (Å²) in [6.45, 7) is 3.99. The van der Waals surface area contributed by atoms with Gasteiger partial charge >= 0.3 is 0 Å². The molecule has 0 radical (unpaired) electrons. The molecule has 1 aliphatic rings. The first kappa shape index (κ1) is 10.4. The average Bonchev–Trinajstić information content (AvgIpc) is 2.68. The third-order valence-corrected chi connectivity index (χ3v) is 3.25. The largest absolute Gasteiger partial charge is 0.399 e. The molecule has 88 valence electrons. The molecule has 3 rings (SSSR count). The molecule has 0 spiro atoms. The Balaban J connectivity index is 2.15. The molecule has 3 N–H and O–H groups in total. The highest BCUT2D eigenvalue weighted by molar-refractivity contribution is 5.49. The number of nitrogen functional groups attached to an aromatic ring is 1. The monoisotopic (exact) mass is 228 g/mol. The van der Waals surface area contributed by atoms with Crippen LogP contribution >= 0.6 is 0 Å². The number of nitrogens with zero attached hydrogens (tertiary/aromatic N) is 2. The summed E-state index contributed by atoms with van der Waals surface area (Å²) in [5.41, 5.74) is 11.4. The predicted molar refractivity (Wildman–Crippen MR) is 68.1 cm³/mol. The van der Waals surface area contributed by atoms with Gasteiger partial charge in [0.05, 0.1) is 17.1 Å². The van der Waals surface area contributed by atoms with Crippen LogP contribution < -0.4 is 11.1 Å². The third-order valence-electron chi connectivity index (χ3n) is 3.25. The second kappa shape index (κ2) is 3.89. The van der Waals surface area contributed by atoms with E-state index in [4.69, 9.17) is 5.73 Å². The lowest BCUT2D eigenvalue weighted by Crippen LogP contribution is -2.25. The Hall–Kier alpha value is -1.81. The lowest BCUT2D eigenvalue weighted by Gasteiger charge is -2.15. The number of hydrogen-bond donors (Lipinski definition) is 2. The van der Waals surface area contributed by atoms with Crippen molar-refractivity contribution < 1.29 is 0 Å². The molecule has 0 saturated heterocycles.